The summed E-state index contributed by atoms with van der Waals surface area (Å²) in [6, 6.07) is 18.9. The maximum absolute atomic E-state index is 13.0. The van der Waals surface area contributed by atoms with Crippen molar-refractivity contribution < 1.29 is 14.3 Å². The highest BCUT2D eigenvalue weighted by Gasteiger charge is 2.27. The Morgan fingerprint density at radius 2 is 1.76 bits per heavy atom. The minimum atomic E-state index is -0.262. The van der Waals surface area contributed by atoms with Crippen LogP contribution >= 0.6 is 11.3 Å². The molecule has 0 atom stereocenters. The molecule has 1 aliphatic rings. The lowest BCUT2D eigenvalue weighted by molar-refractivity contribution is 0.0713. The van der Waals surface area contributed by atoms with Crippen LogP contribution in [0.4, 0.5) is 5.82 Å². The van der Waals surface area contributed by atoms with E-state index in [9.17, 15) is 9.59 Å². The van der Waals surface area contributed by atoms with Gasteiger partial charge < -0.3 is 15.0 Å². The van der Waals surface area contributed by atoms with Crippen LogP contribution in [-0.2, 0) is 0 Å². The van der Waals surface area contributed by atoms with Gasteiger partial charge in [-0.15, -0.1) is 11.3 Å². The average molecular weight is 530 g/mol. The SMILES string of the molecule is Cc1cc(NC(=O)c2csc(C3CCN(C(=O)c4ccc(OC(C)C)cc4)CC3)n2)n(-c2ccccc2)n1. The van der Waals surface area contributed by atoms with E-state index in [0.29, 0.717) is 30.2 Å². The number of aryl methyl sites for hydroxylation is 1. The fourth-order valence-corrected chi connectivity index (χ4v) is 5.55. The zero-order chi connectivity index (χ0) is 26.6. The number of piperidine rings is 1. The van der Waals surface area contributed by atoms with Gasteiger partial charge in [-0.25, -0.2) is 9.67 Å². The molecule has 0 bridgehead atoms. The van der Waals surface area contributed by atoms with Gasteiger partial charge in [-0.1, -0.05) is 18.2 Å². The third kappa shape index (κ3) is 5.78. The van der Waals surface area contributed by atoms with Crippen molar-refractivity contribution in [2.24, 2.45) is 0 Å². The third-order valence-electron chi connectivity index (χ3n) is 6.43. The van der Waals surface area contributed by atoms with Gasteiger partial charge in [-0.05, 0) is 70.0 Å². The number of amides is 2. The van der Waals surface area contributed by atoms with E-state index in [1.807, 2.05) is 86.3 Å². The van der Waals surface area contributed by atoms with Gasteiger partial charge in [0.25, 0.3) is 11.8 Å². The Bertz CT molecular complexity index is 1400. The normalized spacial score (nSPS) is 14.1. The molecule has 0 saturated carbocycles. The van der Waals surface area contributed by atoms with Crippen LogP contribution in [0.3, 0.4) is 0 Å². The number of anilines is 1. The first-order chi connectivity index (χ1) is 18.4. The molecule has 196 valence electrons. The zero-order valence-electron chi connectivity index (χ0n) is 21.8. The number of hydrogen-bond acceptors (Lipinski definition) is 6. The van der Waals surface area contributed by atoms with Crippen LogP contribution in [0.5, 0.6) is 5.75 Å². The van der Waals surface area contributed by atoms with Crippen molar-refractivity contribution in [1.82, 2.24) is 19.7 Å². The predicted molar refractivity (Wildman–Crippen MR) is 148 cm³/mol. The molecule has 3 heterocycles. The fraction of sp³-hybridized carbons (Fsp3) is 0.310. The number of para-hydroxylation sites is 1. The molecule has 2 aromatic heterocycles. The topological polar surface area (TPSA) is 89.4 Å². The standard InChI is InChI=1S/C29H31N5O3S/c1-19(2)37-24-11-9-22(10-12-24)29(36)33-15-13-21(14-16-33)28-30-25(18-38-28)27(35)31-26-17-20(3)32-34(26)23-7-5-4-6-8-23/h4-12,17-19,21H,13-16H2,1-3H3,(H,31,35). The first kappa shape index (κ1) is 25.7. The molecule has 4 aromatic rings. The highest BCUT2D eigenvalue weighted by Crippen LogP contribution is 2.31. The van der Waals surface area contributed by atoms with Crippen LogP contribution in [0, 0.1) is 6.92 Å². The number of ether oxygens (including phenoxy) is 1. The van der Waals surface area contributed by atoms with Crippen molar-refractivity contribution in [1.29, 1.82) is 0 Å². The van der Waals surface area contributed by atoms with Crippen molar-refractivity contribution in [3.05, 3.63) is 88.0 Å². The Balaban J connectivity index is 1.19. The molecule has 2 amide bonds. The van der Waals surface area contributed by atoms with Gasteiger partial charge in [0.2, 0.25) is 0 Å². The third-order valence-corrected chi connectivity index (χ3v) is 7.44. The fourth-order valence-electron chi connectivity index (χ4n) is 4.57. The second-order valence-electron chi connectivity index (χ2n) is 9.70. The number of nitrogens with one attached hydrogen (secondary N) is 1. The highest BCUT2D eigenvalue weighted by molar-refractivity contribution is 7.10. The van der Waals surface area contributed by atoms with Gasteiger partial charge >= 0.3 is 0 Å². The summed E-state index contributed by atoms with van der Waals surface area (Å²) in [6.45, 7) is 7.16. The molecular formula is C29H31N5O3S. The second kappa shape index (κ2) is 11.2. The lowest BCUT2D eigenvalue weighted by atomic mass is 9.97. The van der Waals surface area contributed by atoms with E-state index in [1.165, 1.54) is 11.3 Å². The summed E-state index contributed by atoms with van der Waals surface area (Å²) in [6.07, 6.45) is 1.72. The number of carbonyl (C=O) groups is 2. The molecule has 9 heteroatoms. The van der Waals surface area contributed by atoms with Crippen LogP contribution in [0.1, 0.15) is 64.2 Å². The Morgan fingerprint density at radius 3 is 2.45 bits per heavy atom. The number of benzene rings is 2. The van der Waals surface area contributed by atoms with Crippen LogP contribution in [0.15, 0.2) is 66.0 Å². The first-order valence-electron chi connectivity index (χ1n) is 12.8. The lowest BCUT2D eigenvalue weighted by Gasteiger charge is -2.31. The highest BCUT2D eigenvalue weighted by atomic mass is 32.1. The molecule has 1 fully saturated rings. The zero-order valence-corrected chi connectivity index (χ0v) is 22.6. The Labute approximate surface area is 226 Å². The van der Waals surface area contributed by atoms with E-state index in [1.54, 1.807) is 10.1 Å². The van der Waals surface area contributed by atoms with Gasteiger partial charge in [0.05, 0.1) is 22.5 Å². The predicted octanol–water partition coefficient (Wildman–Crippen LogP) is 5.70. The number of thiazole rings is 1. The molecular weight excluding hydrogens is 498 g/mol. The van der Waals surface area contributed by atoms with Gasteiger partial charge in [-0.2, -0.15) is 5.10 Å². The van der Waals surface area contributed by atoms with Gasteiger partial charge in [-0.3, -0.25) is 9.59 Å². The molecule has 1 aliphatic heterocycles. The van der Waals surface area contributed by atoms with Gasteiger partial charge in [0, 0.05) is 36.0 Å². The molecule has 38 heavy (non-hydrogen) atoms. The number of aromatic nitrogens is 3. The van der Waals surface area contributed by atoms with Crippen molar-refractivity contribution in [3.63, 3.8) is 0 Å². The summed E-state index contributed by atoms with van der Waals surface area (Å²) in [5.41, 5.74) is 2.74. The van der Waals surface area contributed by atoms with E-state index < -0.39 is 0 Å². The van der Waals surface area contributed by atoms with E-state index in [4.69, 9.17) is 4.74 Å². The van der Waals surface area contributed by atoms with Crippen molar-refractivity contribution >= 4 is 29.0 Å². The molecule has 0 radical (unpaired) electrons. The van der Waals surface area contributed by atoms with Crippen LogP contribution in [-0.4, -0.2) is 50.7 Å². The summed E-state index contributed by atoms with van der Waals surface area (Å²) in [4.78, 5) is 32.6. The average Bonchev–Trinajstić information content (AvgIpc) is 3.56. The molecule has 0 aliphatic carbocycles. The molecule has 1 saturated heterocycles. The smallest absolute Gasteiger partial charge is 0.276 e. The molecule has 0 unspecified atom stereocenters. The Morgan fingerprint density at radius 1 is 1.05 bits per heavy atom. The molecule has 1 N–H and O–H groups in total. The number of hydrogen-bond donors (Lipinski definition) is 1. The van der Waals surface area contributed by atoms with Crippen molar-refractivity contribution in [2.75, 3.05) is 18.4 Å². The molecule has 2 aromatic carbocycles. The minimum absolute atomic E-state index is 0.0315. The van der Waals surface area contributed by atoms with Crippen LogP contribution in [0.2, 0.25) is 0 Å². The Kier molecular flexibility index (Phi) is 7.55. The lowest BCUT2D eigenvalue weighted by Crippen LogP contribution is -2.37. The minimum Gasteiger partial charge on any atom is -0.491 e. The number of rotatable bonds is 7. The molecule has 0 spiro atoms. The summed E-state index contributed by atoms with van der Waals surface area (Å²) >= 11 is 1.50. The molecule has 8 nitrogen and oxygen atoms in total. The summed E-state index contributed by atoms with van der Waals surface area (Å²) in [5, 5.41) is 10.2. The maximum Gasteiger partial charge on any atom is 0.276 e. The van der Waals surface area contributed by atoms with Crippen LogP contribution < -0.4 is 10.1 Å². The van der Waals surface area contributed by atoms with Gasteiger partial charge in [0.15, 0.2) is 0 Å². The van der Waals surface area contributed by atoms with E-state index >= 15 is 0 Å². The largest absolute Gasteiger partial charge is 0.491 e. The molecule has 5 rings (SSSR count). The first-order valence-corrected chi connectivity index (χ1v) is 13.7. The monoisotopic (exact) mass is 529 g/mol. The number of likely N-dealkylation sites (tertiary alicyclic amines) is 1. The maximum atomic E-state index is 13.0. The van der Waals surface area contributed by atoms with E-state index in [-0.39, 0.29) is 23.8 Å². The number of carbonyl (C=O) groups excluding carboxylic acids is 2. The van der Waals surface area contributed by atoms with Crippen LogP contribution in [0.25, 0.3) is 5.69 Å². The summed E-state index contributed by atoms with van der Waals surface area (Å²) < 4.78 is 7.39. The van der Waals surface area contributed by atoms with Crippen molar-refractivity contribution in [3.8, 4) is 11.4 Å². The van der Waals surface area contributed by atoms with Gasteiger partial charge in [0.1, 0.15) is 17.3 Å². The summed E-state index contributed by atoms with van der Waals surface area (Å²) in [7, 11) is 0. The Hall–Kier alpha value is -3.98. The summed E-state index contributed by atoms with van der Waals surface area (Å²) in [5.74, 6) is 1.36. The number of nitrogens with zero attached hydrogens (tertiary/aromatic N) is 4. The second-order valence-corrected chi connectivity index (χ2v) is 10.6. The van der Waals surface area contributed by atoms with Crippen molar-refractivity contribution in [2.45, 2.75) is 45.6 Å². The quantitative estimate of drug-likeness (QED) is 0.332. The van der Waals surface area contributed by atoms with E-state index in [0.717, 1.165) is 35.0 Å². The van der Waals surface area contributed by atoms with E-state index in [2.05, 4.69) is 15.4 Å².